The van der Waals surface area contributed by atoms with Crippen LogP contribution in [-0.4, -0.2) is 58.9 Å². The molecule has 0 aromatic carbocycles. The Morgan fingerprint density at radius 2 is 2.05 bits per heavy atom. The van der Waals surface area contributed by atoms with Crippen LogP contribution in [0.2, 0.25) is 5.15 Å². The van der Waals surface area contributed by atoms with Gasteiger partial charge in [0.2, 0.25) is 0 Å². The Balaban J connectivity index is 1.60. The fraction of sp³-hybridized carbons (Fsp3) is 0.500. The maximum atomic E-state index is 12.4. The lowest BCUT2D eigenvalue weighted by atomic mass is 10.0. The van der Waals surface area contributed by atoms with Crippen LogP contribution < -0.4 is 5.32 Å². The van der Waals surface area contributed by atoms with Crippen molar-refractivity contribution in [3.05, 3.63) is 29.0 Å². The third-order valence-corrected chi connectivity index (χ3v) is 4.23. The van der Waals surface area contributed by atoms with Gasteiger partial charge in [-0.2, -0.15) is 0 Å². The van der Waals surface area contributed by atoms with E-state index in [9.17, 15) is 9.59 Å². The van der Waals surface area contributed by atoms with E-state index in [0.29, 0.717) is 30.5 Å². The lowest BCUT2D eigenvalue weighted by Crippen LogP contribution is -2.47. The van der Waals surface area contributed by atoms with Crippen molar-refractivity contribution in [2.75, 3.05) is 26.2 Å². The highest BCUT2D eigenvalue weighted by Crippen LogP contribution is 2.19. The number of rotatable bonds is 2. The van der Waals surface area contributed by atoms with Crippen molar-refractivity contribution in [3.63, 3.8) is 0 Å². The molecule has 3 heterocycles. The molecule has 1 aromatic rings. The average molecular weight is 309 g/mol. The van der Waals surface area contributed by atoms with Crippen molar-refractivity contribution in [2.45, 2.75) is 18.9 Å². The van der Waals surface area contributed by atoms with Crippen LogP contribution in [0.15, 0.2) is 18.2 Å². The Hall–Kier alpha value is -1.82. The van der Waals surface area contributed by atoms with Crippen molar-refractivity contribution in [3.8, 4) is 0 Å². The average Bonchev–Trinajstić information content (AvgIpc) is 2.93. The van der Waals surface area contributed by atoms with E-state index in [-0.39, 0.29) is 18.0 Å². The molecule has 7 heteroatoms. The minimum atomic E-state index is -0.0955. The van der Waals surface area contributed by atoms with Crippen molar-refractivity contribution in [2.24, 2.45) is 0 Å². The molecule has 0 radical (unpaired) electrons. The van der Waals surface area contributed by atoms with E-state index in [1.54, 1.807) is 23.1 Å². The molecule has 6 nitrogen and oxygen atoms in total. The molecule has 0 bridgehead atoms. The summed E-state index contributed by atoms with van der Waals surface area (Å²) in [7, 11) is 0. The molecule has 2 aliphatic rings. The SMILES string of the molecule is O=C(c1cccc(Cl)n1)N1CCC(N2CCNC2=O)CC1. The molecule has 112 valence electrons. The first kappa shape index (κ1) is 14.1. The number of piperidine rings is 1. The predicted octanol–water partition coefficient (Wildman–Crippen LogP) is 1.36. The Morgan fingerprint density at radius 1 is 1.29 bits per heavy atom. The lowest BCUT2D eigenvalue weighted by molar-refractivity contribution is 0.0660. The van der Waals surface area contributed by atoms with E-state index in [4.69, 9.17) is 11.6 Å². The Labute approximate surface area is 128 Å². The van der Waals surface area contributed by atoms with E-state index >= 15 is 0 Å². The molecule has 21 heavy (non-hydrogen) atoms. The molecule has 0 unspecified atom stereocenters. The molecule has 3 rings (SSSR count). The lowest BCUT2D eigenvalue weighted by Gasteiger charge is -2.36. The summed E-state index contributed by atoms with van der Waals surface area (Å²) in [5.74, 6) is -0.0955. The van der Waals surface area contributed by atoms with Crippen LogP contribution in [-0.2, 0) is 0 Å². The summed E-state index contributed by atoms with van der Waals surface area (Å²) < 4.78 is 0. The van der Waals surface area contributed by atoms with Gasteiger partial charge in [0, 0.05) is 32.2 Å². The van der Waals surface area contributed by atoms with Crippen molar-refractivity contribution in [1.29, 1.82) is 0 Å². The van der Waals surface area contributed by atoms with E-state index in [1.807, 2.05) is 4.90 Å². The molecule has 0 spiro atoms. The molecule has 2 saturated heterocycles. The fourth-order valence-corrected chi connectivity index (χ4v) is 3.07. The van der Waals surface area contributed by atoms with Crippen LogP contribution in [0.1, 0.15) is 23.3 Å². The molecular weight excluding hydrogens is 292 g/mol. The molecule has 3 amide bonds. The third kappa shape index (κ3) is 2.95. The number of carbonyl (C=O) groups is 2. The highest BCUT2D eigenvalue weighted by Gasteiger charge is 2.32. The minimum Gasteiger partial charge on any atom is -0.337 e. The third-order valence-electron chi connectivity index (χ3n) is 4.02. The summed E-state index contributed by atoms with van der Waals surface area (Å²) in [5, 5.41) is 3.14. The Bertz CT molecular complexity index is 558. The number of hydrogen-bond acceptors (Lipinski definition) is 3. The zero-order chi connectivity index (χ0) is 14.8. The number of aromatic nitrogens is 1. The fourth-order valence-electron chi connectivity index (χ4n) is 2.90. The summed E-state index contributed by atoms with van der Waals surface area (Å²) in [5.41, 5.74) is 0.375. The standard InChI is InChI=1S/C14H17ClN4O2/c15-12-3-1-2-11(17-12)13(20)18-7-4-10(5-8-18)19-9-6-16-14(19)21/h1-3,10H,4-9H2,(H,16,21). The van der Waals surface area contributed by atoms with Crippen molar-refractivity contribution < 1.29 is 9.59 Å². The number of hydrogen-bond donors (Lipinski definition) is 1. The molecule has 0 saturated carbocycles. The number of carbonyl (C=O) groups excluding carboxylic acids is 2. The summed E-state index contributed by atoms with van der Waals surface area (Å²) in [4.78, 5) is 31.7. The normalized spacial score (nSPS) is 19.8. The van der Waals surface area contributed by atoms with Gasteiger partial charge in [-0.3, -0.25) is 4.79 Å². The van der Waals surface area contributed by atoms with Gasteiger partial charge < -0.3 is 15.1 Å². The maximum absolute atomic E-state index is 12.4. The second-order valence-corrected chi connectivity index (χ2v) is 5.68. The van der Waals surface area contributed by atoms with Gasteiger partial charge in [-0.1, -0.05) is 17.7 Å². The maximum Gasteiger partial charge on any atom is 0.317 e. The van der Waals surface area contributed by atoms with Gasteiger partial charge in [-0.05, 0) is 25.0 Å². The van der Waals surface area contributed by atoms with E-state index < -0.39 is 0 Å². The van der Waals surface area contributed by atoms with Crippen LogP contribution in [0.3, 0.4) is 0 Å². The number of pyridine rings is 1. The van der Waals surface area contributed by atoms with Gasteiger partial charge in [-0.25, -0.2) is 9.78 Å². The van der Waals surface area contributed by atoms with E-state index in [2.05, 4.69) is 10.3 Å². The zero-order valence-corrected chi connectivity index (χ0v) is 12.3. The van der Waals surface area contributed by atoms with Crippen molar-refractivity contribution in [1.82, 2.24) is 20.1 Å². The number of halogens is 1. The van der Waals surface area contributed by atoms with Crippen LogP contribution in [0, 0.1) is 0 Å². The molecule has 0 aliphatic carbocycles. The van der Waals surface area contributed by atoms with Crippen molar-refractivity contribution >= 4 is 23.5 Å². The Morgan fingerprint density at radius 3 is 2.67 bits per heavy atom. The smallest absolute Gasteiger partial charge is 0.317 e. The largest absolute Gasteiger partial charge is 0.337 e. The number of urea groups is 1. The molecule has 2 aliphatic heterocycles. The molecule has 1 aromatic heterocycles. The first-order valence-corrected chi connectivity index (χ1v) is 7.49. The second kappa shape index (κ2) is 5.89. The van der Waals surface area contributed by atoms with Gasteiger partial charge in [-0.15, -0.1) is 0 Å². The topological polar surface area (TPSA) is 65.5 Å². The molecule has 1 N–H and O–H groups in total. The van der Waals surface area contributed by atoms with Crippen LogP contribution in [0.4, 0.5) is 4.79 Å². The summed E-state index contributed by atoms with van der Waals surface area (Å²) in [6, 6.07) is 5.29. The molecular formula is C14H17ClN4O2. The quantitative estimate of drug-likeness (QED) is 0.839. The predicted molar refractivity (Wildman–Crippen MR) is 78.3 cm³/mol. The number of amides is 3. The first-order chi connectivity index (χ1) is 10.1. The van der Waals surface area contributed by atoms with Gasteiger partial charge in [0.15, 0.2) is 0 Å². The Kier molecular flexibility index (Phi) is 3.96. The molecule has 0 atom stereocenters. The highest BCUT2D eigenvalue weighted by molar-refractivity contribution is 6.29. The van der Waals surface area contributed by atoms with Gasteiger partial charge in [0.25, 0.3) is 5.91 Å². The number of likely N-dealkylation sites (tertiary alicyclic amines) is 1. The van der Waals surface area contributed by atoms with Gasteiger partial charge in [0.1, 0.15) is 10.8 Å². The first-order valence-electron chi connectivity index (χ1n) is 7.11. The second-order valence-electron chi connectivity index (χ2n) is 5.29. The van der Waals surface area contributed by atoms with Gasteiger partial charge in [0.05, 0.1) is 0 Å². The van der Waals surface area contributed by atoms with Gasteiger partial charge >= 0.3 is 6.03 Å². The zero-order valence-electron chi connectivity index (χ0n) is 11.6. The summed E-state index contributed by atoms with van der Waals surface area (Å²) in [6.07, 6.45) is 1.61. The monoisotopic (exact) mass is 308 g/mol. The minimum absolute atomic E-state index is 0.0104. The summed E-state index contributed by atoms with van der Waals surface area (Å²) in [6.45, 7) is 2.75. The highest BCUT2D eigenvalue weighted by atomic mass is 35.5. The van der Waals surface area contributed by atoms with E-state index in [1.165, 1.54) is 0 Å². The molecule has 2 fully saturated rings. The summed E-state index contributed by atoms with van der Waals surface area (Å²) >= 11 is 5.82. The number of nitrogens with zero attached hydrogens (tertiary/aromatic N) is 3. The van der Waals surface area contributed by atoms with Crippen LogP contribution in [0.25, 0.3) is 0 Å². The van der Waals surface area contributed by atoms with E-state index in [0.717, 1.165) is 19.4 Å². The van der Waals surface area contributed by atoms with Crippen LogP contribution in [0.5, 0.6) is 0 Å². The number of nitrogens with one attached hydrogen (secondary N) is 1. The van der Waals surface area contributed by atoms with Crippen LogP contribution >= 0.6 is 11.6 Å².